The fourth-order valence-electron chi connectivity index (χ4n) is 2.34. The molecule has 0 aromatic heterocycles. The van der Waals surface area contributed by atoms with Crippen LogP contribution in [0, 0.1) is 5.82 Å². The van der Waals surface area contributed by atoms with Crippen LogP contribution in [0.5, 0.6) is 5.75 Å². The zero-order valence-corrected chi connectivity index (χ0v) is 11.9. The lowest BCUT2D eigenvalue weighted by Gasteiger charge is -2.10. The Balaban J connectivity index is 1.66. The molecule has 1 amide bonds. The number of hydrogen-bond donors (Lipinski definition) is 1. The van der Waals surface area contributed by atoms with Crippen molar-refractivity contribution in [3.63, 3.8) is 0 Å². The van der Waals surface area contributed by atoms with Crippen molar-refractivity contribution in [2.24, 2.45) is 0 Å². The first-order chi connectivity index (χ1) is 10.1. The van der Waals surface area contributed by atoms with Gasteiger partial charge >= 0.3 is 0 Å². The van der Waals surface area contributed by atoms with Gasteiger partial charge in [-0.1, -0.05) is 35.9 Å². The molecular formula is C16H13ClFNO2. The van der Waals surface area contributed by atoms with Gasteiger partial charge in [-0.05, 0) is 23.8 Å². The first-order valence-electron chi connectivity index (χ1n) is 6.58. The third kappa shape index (κ3) is 2.85. The van der Waals surface area contributed by atoms with E-state index in [2.05, 4.69) is 5.32 Å². The minimum Gasteiger partial charge on any atom is -0.492 e. The molecule has 108 valence electrons. The number of benzene rings is 2. The Morgan fingerprint density at radius 3 is 2.95 bits per heavy atom. The number of rotatable bonds is 3. The Kier molecular flexibility index (Phi) is 3.80. The van der Waals surface area contributed by atoms with E-state index >= 15 is 0 Å². The maximum Gasteiger partial charge on any atom is 0.231 e. The number of fused-ring (bicyclic) bond motifs is 1. The highest BCUT2D eigenvalue weighted by Crippen LogP contribution is 2.33. The second kappa shape index (κ2) is 5.74. The molecule has 0 bridgehead atoms. The quantitative estimate of drug-likeness (QED) is 0.945. The largest absolute Gasteiger partial charge is 0.492 e. The van der Waals surface area contributed by atoms with Gasteiger partial charge < -0.3 is 10.1 Å². The van der Waals surface area contributed by atoms with Crippen molar-refractivity contribution in [2.45, 2.75) is 12.5 Å². The molecule has 3 nitrogen and oxygen atoms in total. The van der Waals surface area contributed by atoms with E-state index < -0.39 is 5.82 Å². The fourth-order valence-corrected chi connectivity index (χ4v) is 2.54. The van der Waals surface area contributed by atoms with Gasteiger partial charge in [-0.25, -0.2) is 4.39 Å². The maximum atomic E-state index is 13.1. The number of nitrogens with one attached hydrogen (secondary N) is 1. The number of para-hydroxylation sites is 1. The number of ether oxygens (including phenoxy) is 1. The number of carbonyl (C=O) groups excluding carboxylic acids is 1. The molecule has 0 aliphatic carbocycles. The fraction of sp³-hybridized carbons (Fsp3) is 0.188. The van der Waals surface area contributed by atoms with Crippen molar-refractivity contribution in [2.75, 3.05) is 6.61 Å². The molecule has 0 saturated heterocycles. The monoisotopic (exact) mass is 305 g/mol. The summed E-state index contributed by atoms with van der Waals surface area (Å²) in [4.78, 5) is 12.2. The van der Waals surface area contributed by atoms with Crippen LogP contribution >= 0.6 is 11.6 Å². The SMILES string of the molecule is O=C(NCc1ccc(F)c(Cl)c1)C1COc2ccccc21. The van der Waals surface area contributed by atoms with Crippen LogP contribution in [0.4, 0.5) is 4.39 Å². The van der Waals surface area contributed by atoms with Gasteiger partial charge in [0.15, 0.2) is 0 Å². The summed E-state index contributed by atoms with van der Waals surface area (Å²) in [6.07, 6.45) is 0. The van der Waals surface area contributed by atoms with Crippen LogP contribution in [-0.2, 0) is 11.3 Å². The van der Waals surface area contributed by atoms with Crippen LogP contribution in [0.1, 0.15) is 17.0 Å². The summed E-state index contributed by atoms with van der Waals surface area (Å²) in [5, 5.41) is 2.88. The van der Waals surface area contributed by atoms with E-state index in [-0.39, 0.29) is 16.8 Å². The molecule has 0 fully saturated rings. The summed E-state index contributed by atoms with van der Waals surface area (Å²) in [5.74, 6) is -0.134. The summed E-state index contributed by atoms with van der Waals surface area (Å²) < 4.78 is 18.6. The van der Waals surface area contributed by atoms with E-state index in [0.717, 1.165) is 16.9 Å². The molecule has 0 saturated carbocycles. The van der Waals surface area contributed by atoms with Gasteiger partial charge in [0.05, 0.1) is 5.02 Å². The smallest absolute Gasteiger partial charge is 0.231 e. The van der Waals surface area contributed by atoms with Crippen LogP contribution in [0.15, 0.2) is 42.5 Å². The summed E-state index contributed by atoms with van der Waals surface area (Å²) >= 11 is 5.72. The van der Waals surface area contributed by atoms with Gasteiger partial charge in [0, 0.05) is 12.1 Å². The van der Waals surface area contributed by atoms with Gasteiger partial charge in [-0.2, -0.15) is 0 Å². The molecule has 0 radical (unpaired) electrons. The topological polar surface area (TPSA) is 38.3 Å². The molecule has 1 heterocycles. The molecule has 1 unspecified atom stereocenters. The van der Waals surface area contributed by atoms with Crippen molar-refractivity contribution in [3.05, 3.63) is 64.4 Å². The Morgan fingerprint density at radius 1 is 1.33 bits per heavy atom. The summed E-state index contributed by atoms with van der Waals surface area (Å²) in [6, 6.07) is 11.9. The Labute approximate surface area is 126 Å². The molecule has 1 atom stereocenters. The molecular weight excluding hydrogens is 293 g/mol. The van der Waals surface area contributed by atoms with Crippen molar-refractivity contribution in [3.8, 4) is 5.75 Å². The maximum absolute atomic E-state index is 13.1. The predicted molar refractivity (Wildman–Crippen MR) is 77.9 cm³/mol. The van der Waals surface area contributed by atoms with Crippen molar-refractivity contribution >= 4 is 17.5 Å². The molecule has 21 heavy (non-hydrogen) atoms. The summed E-state index contributed by atoms with van der Waals surface area (Å²) in [7, 11) is 0. The highest BCUT2D eigenvalue weighted by Gasteiger charge is 2.29. The first kappa shape index (κ1) is 13.9. The normalized spacial score (nSPS) is 16.2. The van der Waals surface area contributed by atoms with Crippen LogP contribution in [0.2, 0.25) is 5.02 Å². The molecule has 1 N–H and O–H groups in total. The minimum absolute atomic E-state index is 0.0521. The average molecular weight is 306 g/mol. The van der Waals surface area contributed by atoms with Gasteiger partial charge in [-0.3, -0.25) is 4.79 Å². The van der Waals surface area contributed by atoms with Gasteiger partial charge in [0.1, 0.15) is 24.1 Å². The van der Waals surface area contributed by atoms with E-state index in [0.29, 0.717) is 13.2 Å². The lowest BCUT2D eigenvalue weighted by Crippen LogP contribution is -2.29. The van der Waals surface area contributed by atoms with Crippen LogP contribution in [0.25, 0.3) is 0 Å². The van der Waals surface area contributed by atoms with E-state index in [4.69, 9.17) is 16.3 Å². The molecule has 3 rings (SSSR count). The van der Waals surface area contributed by atoms with Crippen molar-refractivity contribution in [1.29, 1.82) is 0 Å². The number of carbonyl (C=O) groups is 1. The Hall–Kier alpha value is -2.07. The minimum atomic E-state index is -0.468. The zero-order valence-electron chi connectivity index (χ0n) is 11.1. The standard InChI is InChI=1S/C16H13ClFNO2/c17-13-7-10(5-6-14(13)18)8-19-16(20)12-9-21-15-4-2-1-3-11(12)15/h1-7,12H,8-9H2,(H,19,20). The first-order valence-corrected chi connectivity index (χ1v) is 6.96. The summed E-state index contributed by atoms with van der Waals surface area (Å²) in [6.45, 7) is 0.646. The molecule has 5 heteroatoms. The molecule has 1 aliphatic heterocycles. The number of amides is 1. The van der Waals surface area contributed by atoms with Crippen LogP contribution < -0.4 is 10.1 Å². The molecule has 0 spiro atoms. The summed E-state index contributed by atoms with van der Waals surface area (Å²) in [5.41, 5.74) is 1.65. The van der Waals surface area contributed by atoms with E-state index in [1.807, 2.05) is 24.3 Å². The second-order valence-corrected chi connectivity index (χ2v) is 5.27. The number of halogens is 2. The van der Waals surface area contributed by atoms with Gasteiger partial charge in [-0.15, -0.1) is 0 Å². The second-order valence-electron chi connectivity index (χ2n) is 4.87. The molecule has 2 aromatic carbocycles. The lowest BCUT2D eigenvalue weighted by molar-refractivity contribution is -0.122. The van der Waals surface area contributed by atoms with Crippen LogP contribution in [-0.4, -0.2) is 12.5 Å². The third-order valence-electron chi connectivity index (χ3n) is 3.47. The molecule has 2 aromatic rings. The molecule has 1 aliphatic rings. The lowest BCUT2D eigenvalue weighted by atomic mass is 10.0. The average Bonchev–Trinajstić information content (AvgIpc) is 2.92. The third-order valence-corrected chi connectivity index (χ3v) is 3.76. The van der Waals surface area contributed by atoms with Crippen LogP contribution in [0.3, 0.4) is 0 Å². The predicted octanol–water partition coefficient (Wildman–Crippen LogP) is 3.27. The van der Waals surface area contributed by atoms with Gasteiger partial charge in [0.2, 0.25) is 5.91 Å². The van der Waals surface area contributed by atoms with E-state index in [1.54, 1.807) is 6.07 Å². The highest BCUT2D eigenvalue weighted by atomic mass is 35.5. The van der Waals surface area contributed by atoms with Crippen molar-refractivity contribution < 1.29 is 13.9 Å². The van der Waals surface area contributed by atoms with E-state index in [1.165, 1.54) is 12.1 Å². The van der Waals surface area contributed by atoms with Crippen molar-refractivity contribution in [1.82, 2.24) is 5.32 Å². The van der Waals surface area contributed by atoms with E-state index in [9.17, 15) is 9.18 Å². The highest BCUT2D eigenvalue weighted by molar-refractivity contribution is 6.30. The Morgan fingerprint density at radius 2 is 2.14 bits per heavy atom. The number of hydrogen-bond acceptors (Lipinski definition) is 2. The zero-order chi connectivity index (χ0) is 14.8. The van der Waals surface area contributed by atoms with Gasteiger partial charge in [0.25, 0.3) is 0 Å². The Bertz CT molecular complexity index is 690.